The van der Waals surface area contributed by atoms with Crippen molar-refractivity contribution in [3.8, 4) is 11.5 Å². The van der Waals surface area contributed by atoms with Gasteiger partial charge in [-0.2, -0.15) is 0 Å². The predicted octanol–water partition coefficient (Wildman–Crippen LogP) is 1.34. The number of hydrogen-bond donors (Lipinski definition) is 2. The minimum absolute atomic E-state index is 0.0461. The number of hydrogen-bond acceptors (Lipinski definition) is 7. The maximum Gasteiger partial charge on any atom is 0.325 e. The average molecular weight is 377 g/mol. The van der Waals surface area contributed by atoms with Crippen molar-refractivity contribution in [1.29, 1.82) is 0 Å². The van der Waals surface area contributed by atoms with Gasteiger partial charge in [0.25, 0.3) is 0 Å². The Morgan fingerprint density at radius 2 is 2.07 bits per heavy atom. The first kappa shape index (κ1) is 19.0. The number of likely N-dealkylation sites (tertiary alicyclic amines) is 1. The summed E-state index contributed by atoms with van der Waals surface area (Å²) in [7, 11) is 0. The fraction of sp³-hybridized carbons (Fsp3) is 0.500. The van der Waals surface area contributed by atoms with E-state index in [0.717, 1.165) is 12.8 Å². The van der Waals surface area contributed by atoms with Crippen molar-refractivity contribution >= 4 is 23.6 Å². The summed E-state index contributed by atoms with van der Waals surface area (Å²) >= 11 is 0. The molecule has 146 valence electrons. The van der Waals surface area contributed by atoms with Crippen LogP contribution >= 0.6 is 0 Å². The normalized spacial score (nSPS) is 18.6. The first-order valence-corrected chi connectivity index (χ1v) is 8.94. The molecule has 1 fully saturated rings. The number of amides is 3. The number of rotatable bonds is 5. The third-order valence-electron chi connectivity index (χ3n) is 4.38. The molecule has 2 heterocycles. The molecule has 27 heavy (non-hydrogen) atoms. The number of nitrogens with zero attached hydrogens (tertiary/aromatic N) is 1. The monoisotopic (exact) mass is 377 g/mol. The van der Waals surface area contributed by atoms with Gasteiger partial charge in [0.1, 0.15) is 0 Å². The van der Waals surface area contributed by atoms with Crippen molar-refractivity contribution in [1.82, 2.24) is 10.2 Å². The highest BCUT2D eigenvalue weighted by molar-refractivity contribution is 6.01. The molecule has 0 aromatic heterocycles. The van der Waals surface area contributed by atoms with Crippen LogP contribution in [0.1, 0.15) is 19.8 Å². The van der Waals surface area contributed by atoms with Crippen LogP contribution in [0.2, 0.25) is 0 Å². The lowest BCUT2D eigenvalue weighted by atomic mass is 9.98. The Labute approximate surface area is 156 Å². The lowest BCUT2D eigenvalue weighted by Gasteiger charge is -2.30. The zero-order valence-electron chi connectivity index (χ0n) is 15.2. The van der Waals surface area contributed by atoms with Gasteiger partial charge in [0, 0.05) is 18.3 Å². The molecule has 9 heteroatoms. The van der Waals surface area contributed by atoms with Crippen LogP contribution in [0.3, 0.4) is 0 Å². The van der Waals surface area contributed by atoms with Crippen LogP contribution < -0.4 is 20.1 Å². The number of imide groups is 1. The van der Waals surface area contributed by atoms with Crippen LogP contribution in [-0.2, 0) is 14.3 Å². The van der Waals surface area contributed by atoms with E-state index in [-0.39, 0.29) is 25.2 Å². The van der Waals surface area contributed by atoms with Crippen LogP contribution in [0, 0.1) is 5.92 Å². The van der Waals surface area contributed by atoms with Gasteiger partial charge in [-0.3, -0.25) is 19.8 Å². The molecule has 9 nitrogen and oxygen atoms in total. The molecular weight excluding hydrogens is 354 g/mol. The Bertz CT molecular complexity index is 723. The van der Waals surface area contributed by atoms with Gasteiger partial charge in [0.05, 0.1) is 19.1 Å². The Hall–Kier alpha value is -2.81. The Morgan fingerprint density at radius 3 is 2.89 bits per heavy atom. The van der Waals surface area contributed by atoms with Crippen LogP contribution in [0.25, 0.3) is 0 Å². The third kappa shape index (κ3) is 5.10. The summed E-state index contributed by atoms with van der Waals surface area (Å²) < 4.78 is 15.5. The Balaban J connectivity index is 1.45. The number of nitrogens with one attached hydrogen (secondary N) is 2. The molecule has 1 saturated heterocycles. The van der Waals surface area contributed by atoms with Crippen LogP contribution in [-0.4, -0.2) is 55.8 Å². The van der Waals surface area contributed by atoms with Gasteiger partial charge in [-0.25, -0.2) is 4.79 Å². The molecule has 1 atom stereocenters. The molecule has 1 aromatic carbocycles. The number of fused-ring (bicyclic) bond motifs is 1. The van der Waals surface area contributed by atoms with Gasteiger partial charge in [-0.05, 0) is 38.4 Å². The van der Waals surface area contributed by atoms with E-state index in [4.69, 9.17) is 14.2 Å². The average Bonchev–Trinajstić information content (AvgIpc) is 3.09. The lowest BCUT2D eigenvalue weighted by Crippen LogP contribution is -2.46. The standard InChI is InChI=1S/C18H23N3O6/c1-2-25-17(23)12-4-3-7-21(9-12)10-16(22)20-18(24)19-13-5-6-14-15(8-13)27-11-26-14/h5-6,8,12H,2-4,7,9-11H2,1H3,(H2,19,20,22,24). The summed E-state index contributed by atoms with van der Waals surface area (Å²) in [6.07, 6.45) is 1.56. The van der Waals surface area contributed by atoms with Crippen LogP contribution in [0.15, 0.2) is 18.2 Å². The molecule has 3 amide bonds. The highest BCUT2D eigenvalue weighted by Gasteiger charge is 2.28. The second kappa shape index (κ2) is 8.72. The van der Waals surface area contributed by atoms with Crippen molar-refractivity contribution in [3.63, 3.8) is 0 Å². The predicted molar refractivity (Wildman–Crippen MR) is 95.5 cm³/mol. The van der Waals surface area contributed by atoms with E-state index in [1.807, 2.05) is 4.90 Å². The van der Waals surface area contributed by atoms with E-state index in [0.29, 0.717) is 36.9 Å². The molecular formula is C18H23N3O6. The number of benzene rings is 1. The third-order valence-corrected chi connectivity index (χ3v) is 4.38. The molecule has 0 spiro atoms. The number of urea groups is 1. The zero-order valence-corrected chi connectivity index (χ0v) is 15.2. The summed E-state index contributed by atoms with van der Waals surface area (Å²) in [5.41, 5.74) is 0.491. The first-order valence-electron chi connectivity index (χ1n) is 8.94. The first-order chi connectivity index (χ1) is 13.0. The van der Waals surface area contributed by atoms with Gasteiger partial charge < -0.3 is 19.5 Å². The van der Waals surface area contributed by atoms with Gasteiger partial charge in [0.2, 0.25) is 12.7 Å². The summed E-state index contributed by atoms with van der Waals surface area (Å²) in [5.74, 6) is 0.255. The van der Waals surface area contributed by atoms with E-state index >= 15 is 0 Å². The molecule has 0 radical (unpaired) electrons. The molecule has 1 aromatic rings. The minimum atomic E-state index is -0.627. The number of ether oxygens (including phenoxy) is 3. The quantitative estimate of drug-likeness (QED) is 0.746. The van der Waals surface area contributed by atoms with Crippen molar-refractivity contribution in [2.75, 3.05) is 38.4 Å². The second-order valence-electron chi connectivity index (χ2n) is 6.40. The van der Waals surface area contributed by atoms with Crippen LogP contribution in [0.4, 0.5) is 10.5 Å². The van der Waals surface area contributed by atoms with Gasteiger partial charge >= 0.3 is 12.0 Å². The number of esters is 1. The van der Waals surface area contributed by atoms with E-state index in [1.54, 1.807) is 25.1 Å². The molecule has 1 unspecified atom stereocenters. The molecule has 2 N–H and O–H groups in total. The molecule has 0 saturated carbocycles. The van der Waals surface area contributed by atoms with Crippen molar-refractivity contribution < 1.29 is 28.6 Å². The topological polar surface area (TPSA) is 106 Å². The van der Waals surface area contributed by atoms with Gasteiger partial charge in [-0.15, -0.1) is 0 Å². The summed E-state index contributed by atoms with van der Waals surface area (Å²) in [4.78, 5) is 37.9. The van der Waals surface area contributed by atoms with E-state index in [9.17, 15) is 14.4 Å². The number of anilines is 1. The fourth-order valence-corrected chi connectivity index (χ4v) is 3.16. The highest BCUT2D eigenvalue weighted by Crippen LogP contribution is 2.34. The number of piperidine rings is 1. The fourth-order valence-electron chi connectivity index (χ4n) is 3.16. The van der Waals surface area contributed by atoms with Crippen molar-refractivity contribution in [2.24, 2.45) is 5.92 Å². The minimum Gasteiger partial charge on any atom is -0.466 e. The summed E-state index contributed by atoms with van der Waals surface area (Å²) in [6, 6.07) is 4.34. The van der Waals surface area contributed by atoms with Crippen molar-refractivity contribution in [2.45, 2.75) is 19.8 Å². The second-order valence-corrected chi connectivity index (χ2v) is 6.40. The molecule has 3 rings (SSSR count). The zero-order chi connectivity index (χ0) is 19.2. The Kier molecular flexibility index (Phi) is 6.12. The SMILES string of the molecule is CCOC(=O)C1CCCN(CC(=O)NC(=O)Nc2ccc3c(c2)OCO3)C1. The maximum absolute atomic E-state index is 12.1. The molecule has 2 aliphatic heterocycles. The number of carbonyl (C=O) groups is 3. The van der Waals surface area contributed by atoms with E-state index < -0.39 is 11.9 Å². The molecule has 0 aliphatic carbocycles. The van der Waals surface area contributed by atoms with E-state index in [1.165, 1.54) is 0 Å². The molecule has 2 aliphatic rings. The maximum atomic E-state index is 12.1. The summed E-state index contributed by atoms with van der Waals surface area (Å²) in [5, 5.41) is 4.88. The number of carbonyl (C=O) groups excluding carboxylic acids is 3. The van der Waals surface area contributed by atoms with E-state index in [2.05, 4.69) is 10.6 Å². The largest absolute Gasteiger partial charge is 0.466 e. The van der Waals surface area contributed by atoms with Gasteiger partial charge in [-0.1, -0.05) is 0 Å². The Morgan fingerprint density at radius 1 is 1.26 bits per heavy atom. The van der Waals surface area contributed by atoms with Crippen LogP contribution in [0.5, 0.6) is 11.5 Å². The molecule has 0 bridgehead atoms. The van der Waals surface area contributed by atoms with Gasteiger partial charge in [0.15, 0.2) is 11.5 Å². The lowest BCUT2D eigenvalue weighted by molar-refractivity contribution is -0.150. The smallest absolute Gasteiger partial charge is 0.325 e. The summed E-state index contributed by atoms with van der Waals surface area (Å²) in [6.45, 7) is 3.46. The highest BCUT2D eigenvalue weighted by atomic mass is 16.7. The van der Waals surface area contributed by atoms with Crippen molar-refractivity contribution in [3.05, 3.63) is 18.2 Å².